The number of H-pyrrole nitrogens is 1. The molecule has 0 spiro atoms. The van der Waals surface area contributed by atoms with Crippen LogP contribution in [-0.2, 0) is 23.6 Å². The molecule has 0 aliphatic rings. The highest BCUT2D eigenvalue weighted by atomic mass is 35.5. The highest BCUT2D eigenvalue weighted by Crippen LogP contribution is 2.30. The molecule has 26 heavy (non-hydrogen) atoms. The molecule has 0 fully saturated rings. The Hall–Kier alpha value is -2.25. The van der Waals surface area contributed by atoms with Gasteiger partial charge in [0.15, 0.2) is 0 Å². The van der Waals surface area contributed by atoms with E-state index in [0.29, 0.717) is 6.42 Å². The third-order valence-electron chi connectivity index (χ3n) is 4.05. The van der Waals surface area contributed by atoms with Gasteiger partial charge in [-0.1, -0.05) is 24.9 Å². The fourth-order valence-corrected chi connectivity index (χ4v) is 3.05. The fraction of sp³-hybridized carbons (Fsp3) is 0.333. The van der Waals surface area contributed by atoms with E-state index in [4.69, 9.17) is 11.6 Å². The van der Waals surface area contributed by atoms with Crippen LogP contribution in [0, 0.1) is 5.82 Å². The second kappa shape index (κ2) is 8.42. The van der Waals surface area contributed by atoms with Crippen LogP contribution in [0.3, 0.4) is 0 Å². The molecule has 1 atom stereocenters. The van der Waals surface area contributed by atoms with Crippen LogP contribution in [0.2, 0.25) is 5.02 Å². The van der Waals surface area contributed by atoms with Crippen LogP contribution in [0.25, 0.3) is 0 Å². The summed E-state index contributed by atoms with van der Waals surface area (Å²) in [6, 6.07) is 4.83. The molecule has 5 nitrogen and oxygen atoms in total. The fourth-order valence-electron chi connectivity index (χ4n) is 2.75. The lowest BCUT2D eigenvalue weighted by Gasteiger charge is -2.24. The summed E-state index contributed by atoms with van der Waals surface area (Å²) in [6.45, 7) is 0.990. The lowest BCUT2D eigenvalue weighted by atomic mass is 9.91. The maximum atomic E-state index is 15.5. The maximum absolute atomic E-state index is 15.5. The van der Waals surface area contributed by atoms with Crippen LogP contribution in [0.1, 0.15) is 36.5 Å². The zero-order valence-electron chi connectivity index (χ0n) is 14.1. The molecule has 1 aromatic heterocycles. The number of nitrogens with one attached hydrogen (secondary N) is 2. The molecule has 0 aliphatic heterocycles. The number of aromatic amines is 1. The molecule has 0 unspecified atom stereocenters. The Labute approximate surface area is 154 Å². The molecule has 3 N–H and O–H groups in total. The van der Waals surface area contributed by atoms with Gasteiger partial charge in [0.25, 0.3) is 11.5 Å². The van der Waals surface area contributed by atoms with Crippen LogP contribution in [0.4, 0.5) is 8.78 Å². The number of aliphatic hydroxyl groups is 1. The van der Waals surface area contributed by atoms with Gasteiger partial charge in [0.2, 0.25) is 5.67 Å². The topological polar surface area (TPSA) is 82.2 Å². The number of amides is 1. The predicted octanol–water partition coefficient (Wildman–Crippen LogP) is 2.94. The number of carbonyl (C=O) groups excluding carboxylic acids is 1. The number of benzene rings is 1. The predicted molar refractivity (Wildman–Crippen MR) is 93.9 cm³/mol. The van der Waals surface area contributed by atoms with Crippen molar-refractivity contribution >= 4 is 17.5 Å². The summed E-state index contributed by atoms with van der Waals surface area (Å²) in [4.78, 5) is 26.8. The summed E-state index contributed by atoms with van der Waals surface area (Å²) < 4.78 is 28.8. The molecule has 0 radical (unpaired) electrons. The van der Waals surface area contributed by atoms with Crippen molar-refractivity contribution < 1.29 is 18.7 Å². The minimum Gasteiger partial charge on any atom is -0.392 e. The van der Waals surface area contributed by atoms with Gasteiger partial charge in [-0.25, -0.2) is 8.78 Å². The molecule has 0 saturated carbocycles. The number of hydrogen-bond acceptors (Lipinski definition) is 3. The van der Waals surface area contributed by atoms with Gasteiger partial charge in [-0.3, -0.25) is 9.59 Å². The summed E-state index contributed by atoms with van der Waals surface area (Å²) in [5.74, 6) is -1.63. The third kappa shape index (κ3) is 4.11. The van der Waals surface area contributed by atoms with E-state index < -0.39 is 29.6 Å². The van der Waals surface area contributed by atoms with Gasteiger partial charge in [0.05, 0.1) is 12.2 Å². The highest BCUT2D eigenvalue weighted by molar-refractivity contribution is 6.31. The summed E-state index contributed by atoms with van der Waals surface area (Å²) in [5.41, 5.74) is -3.02. The van der Waals surface area contributed by atoms with Crippen LogP contribution in [0.5, 0.6) is 0 Å². The largest absolute Gasteiger partial charge is 0.392 e. The Kier molecular flexibility index (Phi) is 6.50. The Morgan fingerprint density at radius 1 is 1.42 bits per heavy atom. The highest BCUT2D eigenvalue weighted by Gasteiger charge is 2.41. The second-order valence-electron chi connectivity index (χ2n) is 5.83. The minimum absolute atomic E-state index is 0.00635. The first kappa shape index (κ1) is 20.1. The Morgan fingerprint density at radius 2 is 2.15 bits per heavy atom. The Balaban J connectivity index is 2.30. The van der Waals surface area contributed by atoms with E-state index in [1.807, 2.05) is 0 Å². The molecule has 1 amide bonds. The summed E-state index contributed by atoms with van der Waals surface area (Å²) >= 11 is 5.96. The van der Waals surface area contributed by atoms with Crippen LogP contribution >= 0.6 is 11.6 Å². The average Bonchev–Trinajstić information content (AvgIpc) is 2.60. The number of aromatic nitrogens is 1. The summed E-state index contributed by atoms with van der Waals surface area (Å²) in [7, 11) is 0. The van der Waals surface area contributed by atoms with Crippen molar-refractivity contribution in [2.75, 3.05) is 0 Å². The number of carbonyl (C=O) groups is 1. The number of aliphatic hydroxyl groups excluding tert-OH is 1. The van der Waals surface area contributed by atoms with Crippen LogP contribution < -0.4 is 10.9 Å². The van der Waals surface area contributed by atoms with Gasteiger partial charge >= 0.3 is 0 Å². The molecule has 0 bridgehead atoms. The standard InChI is InChI=1S/C18H19ClF2N2O3/c1-2-5-18(21,14-4-3-6-22-16(14)25)17(26)23-9-13-11(10-24)7-12(20)8-15(13)19/h3-4,6-8,24H,2,5,9-10H2,1H3,(H,22,25)(H,23,26)/t18-/m0/s1. The van der Waals surface area contributed by atoms with E-state index in [9.17, 15) is 19.1 Å². The molecule has 140 valence electrons. The molecule has 8 heteroatoms. The first-order valence-electron chi connectivity index (χ1n) is 8.06. The zero-order chi connectivity index (χ0) is 19.3. The van der Waals surface area contributed by atoms with Crippen molar-refractivity contribution in [3.05, 3.63) is 68.3 Å². The van der Waals surface area contributed by atoms with Crippen molar-refractivity contribution in [2.24, 2.45) is 0 Å². The van der Waals surface area contributed by atoms with E-state index in [0.717, 1.165) is 12.1 Å². The molecule has 1 aromatic carbocycles. The van der Waals surface area contributed by atoms with Gasteiger partial charge in [-0.2, -0.15) is 0 Å². The first-order chi connectivity index (χ1) is 12.3. The number of pyridine rings is 1. The minimum atomic E-state index is -2.52. The lowest BCUT2D eigenvalue weighted by molar-refractivity contribution is -0.134. The maximum Gasteiger partial charge on any atom is 0.262 e. The van der Waals surface area contributed by atoms with E-state index in [-0.39, 0.29) is 34.7 Å². The number of halogens is 3. The number of alkyl halides is 1. The quantitative estimate of drug-likeness (QED) is 0.686. The van der Waals surface area contributed by atoms with E-state index >= 15 is 4.39 Å². The van der Waals surface area contributed by atoms with Crippen molar-refractivity contribution in [1.82, 2.24) is 10.3 Å². The smallest absolute Gasteiger partial charge is 0.262 e. The molecule has 0 saturated heterocycles. The van der Waals surface area contributed by atoms with Crippen LogP contribution in [0.15, 0.2) is 35.3 Å². The normalized spacial score (nSPS) is 13.3. The van der Waals surface area contributed by atoms with Crippen molar-refractivity contribution in [1.29, 1.82) is 0 Å². The monoisotopic (exact) mass is 384 g/mol. The van der Waals surface area contributed by atoms with Gasteiger partial charge in [0, 0.05) is 17.8 Å². The summed E-state index contributed by atoms with van der Waals surface area (Å²) in [5, 5.41) is 11.7. The average molecular weight is 385 g/mol. The molecule has 0 aliphatic carbocycles. The SMILES string of the molecule is CCC[C@@](F)(C(=O)NCc1c(Cl)cc(F)cc1CO)c1ccc[nH]c1=O. The van der Waals surface area contributed by atoms with Gasteiger partial charge in [-0.15, -0.1) is 0 Å². The van der Waals surface area contributed by atoms with Crippen molar-refractivity contribution in [3.63, 3.8) is 0 Å². The van der Waals surface area contributed by atoms with Crippen molar-refractivity contribution in [3.8, 4) is 0 Å². The van der Waals surface area contributed by atoms with Gasteiger partial charge in [0.1, 0.15) is 5.82 Å². The van der Waals surface area contributed by atoms with Crippen LogP contribution in [-0.4, -0.2) is 16.0 Å². The Morgan fingerprint density at radius 3 is 2.77 bits per heavy atom. The number of hydrogen-bond donors (Lipinski definition) is 3. The lowest BCUT2D eigenvalue weighted by Crippen LogP contribution is -2.44. The molecule has 2 rings (SSSR count). The van der Waals surface area contributed by atoms with Crippen molar-refractivity contribution in [2.45, 2.75) is 38.6 Å². The third-order valence-corrected chi connectivity index (χ3v) is 4.39. The zero-order valence-corrected chi connectivity index (χ0v) is 14.9. The van der Waals surface area contributed by atoms with Gasteiger partial charge < -0.3 is 15.4 Å². The second-order valence-corrected chi connectivity index (χ2v) is 6.24. The molecule has 2 aromatic rings. The van der Waals surface area contributed by atoms with E-state index in [1.54, 1.807) is 6.92 Å². The Bertz CT molecular complexity index is 857. The van der Waals surface area contributed by atoms with Gasteiger partial charge in [-0.05, 0) is 41.8 Å². The molecular weight excluding hydrogens is 366 g/mol. The number of rotatable bonds is 7. The van der Waals surface area contributed by atoms with E-state index in [1.165, 1.54) is 18.3 Å². The van der Waals surface area contributed by atoms with E-state index in [2.05, 4.69) is 10.3 Å². The summed E-state index contributed by atoms with van der Waals surface area (Å²) in [6.07, 6.45) is 1.50. The molecule has 1 heterocycles. The first-order valence-corrected chi connectivity index (χ1v) is 8.44. The molecular formula is C18H19ClF2N2O3.